The van der Waals surface area contributed by atoms with Crippen molar-refractivity contribution in [3.63, 3.8) is 0 Å². The molecule has 2 aliphatic rings. The van der Waals surface area contributed by atoms with E-state index in [9.17, 15) is 14.7 Å². The molecule has 2 amide bonds. The summed E-state index contributed by atoms with van der Waals surface area (Å²) in [5.41, 5.74) is 1.83. The van der Waals surface area contributed by atoms with Crippen molar-refractivity contribution in [2.75, 3.05) is 24.5 Å². The minimum Gasteiger partial charge on any atom is -0.479 e. The third kappa shape index (κ3) is 4.31. The number of aliphatic carboxylic acids is 1. The number of hydrogen-bond acceptors (Lipinski definition) is 8. The van der Waals surface area contributed by atoms with Crippen LogP contribution >= 0.6 is 11.3 Å². The van der Waals surface area contributed by atoms with Gasteiger partial charge >= 0.3 is 12.0 Å². The van der Waals surface area contributed by atoms with E-state index in [0.29, 0.717) is 17.7 Å². The second-order valence-electron chi connectivity index (χ2n) is 8.78. The fraction of sp³-hybridized carbons (Fsp3) is 0.320. The van der Waals surface area contributed by atoms with Gasteiger partial charge in [-0.2, -0.15) is 0 Å². The van der Waals surface area contributed by atoms with Crippen LogP contribution in [0.5, 0.6) is 0 Å². The number of amides is 2. The maximum Gasteiger partial charge on any atom is 0.342 e. The van der Waals surface area contributed by atoms with Gasteiger partial charge in [0.25, 0.3) is 0 Å². The van der Waals surface area contributed by atoms with Crippen molar-refractivity contribution in [2.45, 2.75) is 24.8 Å². The predicted molar refractivity (Wildman–Crippen MR) is 140 cm³/mol. The number of alkyl halides is 1. The Kier molecular flexibility index (Phi) is 6.61. The van der Waals surface area contributed by atoms with Crippen LogP contribution in [0.1, 0.15) is 13.3 Å². The first-order valence-electron chi connectivity index (χ1n) is 11.9. The third-order valence-electron chi connectivity index (χ3n) is 6.64. The van der Waals surface area contributed by atoms with E-state index in [4.69, 9.17) is 0 Å². The number of carboxylic acids is 1. The number of aliphatic imine (C=N–C) groups is 1. The van der Waals surface area contributed by atoms with Gasteiger partial charge < -0.3 is 20.6 Å². The Balaban J connectivity index is 1.71. The second-order valence-corrected chi connectivity index (χ2v) is 9.64. The lowest BCUT2D eigenvalue weighted by Gasteiger charge is -2.51. The van der Waals surface area contributed by atoms with Crippen LogP contribution in [-0.2, 0) is 4.79 Å². The van der Waals surface area contributed by atoms with Gasteiger partial charge in [0, 0.05) is 49.4 Å². The molecular weight excluding hydrogens is 497 g/mol. The van der Waals surface area contributed by atoms with Crippen LogP contribution in [0.15, 0.2) is 59.3 Å². The quantitative estimate of drug-likeness (QED) is 0.390. The van der Waals surface area contributed by atoms with Crippen molar-refractivity contribution < 1.29 is 19.1 Å². The number of hydrogen-bond donors (Lipinski definition) is 4. The van der Waals surface area contributed by atoms with Crippen molar-refractivity contribution in [1.29, 1.82) is 0 Å². The first kappa shape index (κ1) is 24.8. The molecule has 4 heterocycles. The van der Waals surface area contributed by atoms with Gasteiger partial charge in [0.1, 0.15) is 0 Å². The number of pyridine rings is 1. The molecule has 0 radical (unpaired) electrons. The highest BCUT2D eigenvalue weighted by Gasteiger charge is 2.61. The molecule has 1 saturated heterocycles. The number of halogens is 1. The lowest BCUT2D eigenvalue weighted by Crippen LogP contribution is -2.73. The zero-order valence-corrected chi connectivity index (χ0v) is 20.8. The molecule has 2 aliphatic heterocycles. The van der Waals surface area contributed by atoms with Crippen LogP contribution < -0.4 is 20.9 Å². The summed E-state index contributed by atoms with van der Waals surface area (Å²) >= 11 is 1.47. The zero-order valence-electron chi connectivity index (χ0n) is 20.0. The molecule has 1 fully saturated rings. The van der Waals surface area contributed by atoms with Crippen LogP contribution in [0.2, 0.25) is 0 Å². The molecule has 1 aromatic carbocycles. The van der Waals surface area contributed by atoms with Crippen molar-refractivity contribution in [3.05, 3.63) is 54.3 Å². The molecule has 5 rings (SSSR count). The number of allylic oxidation sites excluding steroid dienone is 1. The van der Waals surface area contributed by atoms with Crippen molar-refractivity contribution in [2.24, 2.45) is 10.9 Å². The lowest BCUT2D eigenvalue weighted by molar-refractivity contribution is -0.160. The summed E-state index contributed by atoms with van der Waals surface area (Å²) in [7, 11) is 0. The maximum absolute atomic E-state index is 16.3. The molecule has 37 heavy (non-hydrogen) atoms. The SMILES string of the molecule is CCNC(=O)NC1(C2CNCCC2(F)C(=O)O)N=CC=CN1c1cc(-c2ccccn2)c2scnc2c1. The number of anilines is 1. The normalized spacial score (nSPS) is 25.2. The molecule has 0 aliphatic carbocycles. The molecule has 192 valence electrons. The van der Waals surface area contributed by atoms with Gasteiger partial charge in [0.2, 0.25) is 11.5 Å². The number of carbonyl (C=O) groups excluding carboxylic acids is 1. The highest BCUT2D eigenvalue weighted by molar-refractivity contribution is 7.17. The Morgan fingerprint density at radius 3 is 2.95 bits per heavy atom. The van der Waals surface area contributed by atoms with E-state index in [1.54, 1.807) is 35.8 Å². The lowest BCUT2D eigenvalue weighted by atomic mass is 9.77. The monoisotopic (exact) mass is 523 g/mol. The van der Waals surface area contributed by atoms with E-state index < -0.39 is 29.4 Å². The molecule has 4 N–H and O–H groups in total. The molecular formula is C25H26FN7O3S. The van der Waals surface area contributed by atoms with Gasteiger partial charge in [0.05, 0.1) is 27.3 Å². The summed E-state index contributed by atoms with van der Waals surface area (Å²) in [5, 5.41) is 18.5. The predicted octanol–water partition coefficient (Wildman–Crippen LogP) is 3.14. The number of carboxylic acid groups (broad SMARTS) is 1. The molecule has 12 heteroatoms. The molecule has 0 saturated carbocycles. The first-order chi connectivity index (χ1) is 17.9. The summed E-state index contributed by atoms with van der Waals surface area (Å²) in [6.45, 7) is 2.23. The van der Waals surface area contributed by atoms with Crippen LogP contribution in [0, 0.1) is 5.92 Å². The number of benzene rings is 1. The van der Waals surface area contributed by atoms with Gasteiger partial charge in [-0.3, -0.25) is 10.3 Å². The van der Waals surface area contributed by atoms with Gasteiger partial charge in [-0.1, -0.05) is 6.07 Å². The van der Waals surface area contributed by atoms with Gasteiger partial charge in [0.15, 0.2) is 0 Å². The van der Waals surface area contributed by atoms with Crippen molar-refractivity contribution in [3.8, 4) is 11.3 Å². The molecule has 2 aromatic heterocycles. The van der Waals surface area contributed by atoms with E-state index in [-0.39, 0.29) is 19.5 Å². The first-order valence-corrected chi connectivity index (χ1v) is 12.8. The third-order valence-corrected chi connectivity index (χ3v) is 7.51. The van der Waals surface area contributed by atoms with Crippen LogP contribution in [-0.4, -0.2) is 64.4 Å². The minimum absolute atomic E-state index is 0.0249. The minimum atomic E-state index is -2.65. The van der Waals surface area contributed by atoms with E-state index in [0.717, 1.165) is 16.0 Å². The Morgan fingerprint density at radius 1 is 1.32 bits per heavy atom. The Morgan fingerprint density at radius 2 is 2.19 bits per heavy atom. The maximum atomic E-state index is 16.3. The van der Waals surface area contributed by atoms with E-state index in [2.05, 4.69) is 30.9 Å². The number of rotatable bonds is 6. The number of fused-ring (bicyclic) bond motifs is 1. The van der Waals surface area contributed by atoms with Crippen molar-refractivity contribution in [1.82, 2.24) is 25.9 Å². The number of carbonyl (C=O) groups is 2. The zero-order chi connectivity index (χ0) is 26.0. The Labute approximate surface area is 216 Å². The summed E-state index contributed by atoms with van der Waals surface area (Å²) < 4.78 is 17.2. The average Bonchev–Trinajstić information content (AvgIpc) is 3.38. The topological polar surface area (TPSA) is 132 Å². The van der Waals surface area contributed by atoms with E-state index >= 15 is 4.39 Å². The fourth-order valence-corrected chi connectivity index (χ4v) is 5.72. The van der Waals surface area contributed by atoms with Crippen molar-refractivity contribution >= 4 is 45.5 Å². The summed E-state index contributed by atoms with van der Waals surface area (Å²) in [5.74, 6) is -4.66. The number of nitrogens with one attached hydrogen (secondary N) is 3. The van der Waals surface area contributed by atoms with Gasteiger partial charge in [-0.05, 0) is 43.8 Å². The average molecular weight is 524 g/mol. The summed E-state index contributed by atoms with van der Waals surface area (Å²) in [4.78, 5) is 40.4. The second kappa shape index (κ2) is 9.87. The number of urea groups is 1. The smallest absolute Gasteiger partial charge is 0.342 e. The van der Waals surface area contributed by atoms with Crippen LogP contribution in [0.4, 0.5) is 14.9 Å². The van der Waals surface area contributed by atoms with Gasteiger partial charge in [-0.25, -0.2) is 24.0 Å². The highest BCUT2D eigenvalue weighted by atomic mass is 32.1. The number of aromatic nitrogens is 2. The highest BCUT2D eigenvalue weighted by Crippen LogP contribution is 2.44. The standard InChI is InChI=1S/C25H26FN7O3S/c1-2-28-23(36)32-25(20-14-27-10-7-24(20,26)22(34)35)31-9-5-11-33(25)16-12-17(18-6-3-4-8-29-18)21-19(13-16)30-15-37-21/h3-6,8-9,11-13,15,20,27H,2,7,10,14H2,1H3,(H,34,35)(H2,28,32,36). The molecule has 10 nitrogen and oxygen atoms in total. The number of nitrogens with zero attached hydrogens (tertiary/aromatic N) is 4. The summed E-state index contributed by atoms with van der Waals surface area (Å²) in [6, 6.07) is 8.67. The molecule has 3 unspecified atom stereocenters. The Hall–Kier alpha value is -3.90. The number of piperidine rings is 1. The molecule has 3 atom stereocenters. The largest absolute Gasteiger partial charge is 0.479 e. The van der Waals surface area contributed by atoms with E-state index in [1.165, 1.54) is 17.6 Å². The van der Waals surface area contributed by atoms with E-state index in [1.807, 2.05) is 30.3 Å². The Bertz CT molecular complexity index is 1380. The summed E-state index contributed by atoms with van der Waals surface area (Å²) in [6.07, 6.45) is 6.18. The fourth-order valence-electron chi connectivity index (χ4n) is 4.93. The van der Waals surface area contributed by atoms with Crippen LogP contribution in [0.3, 0.4) is 0 Å². The molecule has 3 aromatic rings. The van der Waals surface area contributed by atoms with Crippen LogP contribution in [0.25, 0.3) is 21.5 Å². The van der Waals surface area contributed by atoms with Gasteiger partial charge in [-0.15, -0.1) is 11.3 Å². The molecule has 0 bridgehead atoms. The molecule has 0 spiro atoms. The number of thiazole rings is 1.